The Morgan fingerprint density at radius 1 is 1.26 bits per heavy atom. The summed E-state index contributed by atoms with van der Waals surface area (Å²) in [5.41, 5.74) is 0. The molecular weight excluding hydrogens is 392 g/mol. The van der Waals surface area contributed by atoms with E-state index >= 15 is 0 Å². The van der Waals surface area contributed by atoms with Crippen molar-refractivity contribution in [3.8, 4) is 0 Å². The Kier molecular flexibility index (Phi) is 7.26. The van der Waals surface area contributed by atoms with Crippen LogP contribution in [0.5, 0.6) is 0 Å². The van der Waals surface area contributed by atoms with Gasteiger partial charge in [0, 0.05) is 30.4 Å². The maximum Gasteiger partial charge on any atom is 0.409 e. The number of allylic oxidation sites excluding steroid dienone is 1. The van der Waals surface area contributed by atoms with Crippen LogP contribution in [0, 0.1) is 0 Å². The van der Waals surface area contributed by atoms with Gasteiger partial charge >= 0.3 is 6.09 Å². The number of carbonyl (C=O) groups is 2. The molecule has 1 aliphatic heterocycles. The lowest BCUT2D eigenvalue weighted by atomic mass is 10.1. The van der Waals surface area contributed by atoms with Crippen molar-refractivity contribution in [3.63, 3.8) is 0 Å². The number of ether oxygens (including phenoxy) is 1. The SMILES string of the molecule is CCOC(=O)N1CCC(N/C=C(\C(C)=O)S(=O)(=O)c2ccc(Cl)cc2)CC1. The standard InChI is InChI=1S/C18H23ClN2O5S/c1-3-26-18(23)21-10-8-15(9-11-21)20-12-17(13(2)22)27(24,25)16-6-4-14(19)5-7-16/h4-7,12,15,20H,3,8-11H2,1-2H3/b17-12+. The van der Waals surface area contributed by atoms with Gasteiger partial charge in [0.15, 0.2) is 5.78 Å². The number of amides is 1. The van der Waals surface area contributed by atoms with Gasteiger partial charge in [-0.3, -0.25) is 4.79 Å². The Morgan fingerprint density at radius 3 is 2.37 bits per heavy atom. The van der Waals surface area contributed by atoms with Crippen LogP contribution in [-0.4, -0.2) is 50.9 Å². The normalized spacial score (nSPS) is 16.1. The number of likely N-dealkylation sites (tertiary alicyclic amines) is 1. The molecule has 2 rings (SSSR count). The highest BCUT2D eigenvalue weighted by Gasteiger charge is 2.26. The summed E-state index contributed by atoms with van der Waals surface area (Å²) in [7, 11) is -3.94. The van der Waals surface area contributed by atoms with Crippen LogP contribution in [0.1, 0.15) is 26.7 Å². The maximum atomic E-state index is 12.7. The fourth-order valence-electron chi connectivity index (χ4n) is 2.75. The number of halogens is 1. The smallest absolute Gasteiger partial charge is 0.409 e. The summed E-state index contributed by atoms with van der Waals surface area (Å²) < 4.78 is 30.4. The molecule has 1 heterocycles. The monoisotopic (exact) mass is 414 g/mol. The molecule has 0 saturated carbocycles. The number of carbonyl (C=O) groups excluding carboxylic acids is 2. The third kappa shape index (κ3) is 5.46. The number of sulfone groups is 1. The molecule has 1 amide bonds. The number of Topliss-reactive ketones (excluding diaryl/α,β-unsaturated/α-hetero) is 1. The zero-order valence-electron chi connectivity index (χ0n) is 15.3. The van der Waals surface area contributed by atoms with Gasteiger partial charge in [0.05, 0.1) is 11.5 Å². The average Bonchev–Trinajstić information content (AvgIpc) is 2.62. The first kappa shape index (κ1) is 21.2. The van der Waals surface area contributed by atoms with Crippen LogP contribution < -0.4 is 5.32 Å². The summed E-state index contributed by atoms with van der Waals surface area (Å²) in [6.45, 7) is 4.30. The summed E-state index contributed by atoms with van der Waals surface area (Å²) in [5, 5.41) is 3.43. The number of hydrogen-bond acceptors (Lipinski definition) is 6. The fraction of sp³-hybridized carbons (Fsp3) is 0.444. The summed E-state index contributed by atoms with van der Waals surface area (Å²) in [4.78, 5) is 25.0. The number of nitrogens with one attached hydrogen (secondary N) is 1. The van der Waals surface area contributed by atoms with Crippen LogP contribution >= 0.6 is 11.6 Å². The molecule has 1 aromatic carbocycles. The second kappa shape index (κ2) is 9.23. The molecule has 1 fully saturated rings. The molecule has 0 unspecified atom stereocenters. The summed E-state index contributed by atoms with van der Waals surface area (Å²) in [5.74, 6) is -0.554. The van der Waals surface area contributed by atoms with Crippen LogP contribution in [0.4, 0.5) is 4.79 Å². The van der Waals surface area contributed by atoms with E-state index < -0.39 is 15.6 Å². The van der Waals surface area contributed by atoms with E-state index in [-0.39, 0.29) is 21.9 Å². The Balaban J connectivity index is 2.07. The Morgan fingerprint density at radius 2 is 1.85 bits per heavy atom. The lowest BCUT2D eigenvalue weighted by Gasteiger charge is -2.31. The highest BCUT2D eigenvalue weighted by Crippen LogP contribution is 2.22. The first-order chi connectivity index (χ1) is 12.8. The maximum absolute atomic E-state index is 12.7. The molecule has 7 nitrogen and oxygen atoms in total. The molecule has 1 saturated heterocycles. The van der Waals surface area contributed by atoms with Crippen molar-refractivity contribution in [1.82, 2.24) is 10.2 Å². The van der Waals surface area contributed by atoms with Gasteiger partial charge in [-0.15, -0.1) is 0 Å². The average molecular weight is 415 g/mol. The highest BCUT2D eigenvalue weighted by atomic mass is 35.5. The summed E-state index contributed by atoms with van der Waals surface area (Å²) in [6, 6.07) is 5.62. The molecule has 0 spiro atoms. The fourth-order valence-corrected chi connectivity index (χ4v) is 4.22. The summed E-state index contributed by atoms with van der Waals surface area (Å²) >= 11 is 5.79. The van der Waals surface area contributed by atoms with E-state index in [1.807, 2.05) is 0 Å². The van der Waals surface area contributed by atoms with Gasteiger partial charge in [0.1, 0.15) is 4.91 Å². The molecule has 27 heavy (non-hydrogen) atoms. The first-order valence-corrected chi connectivity index (χ1v) is 10.5. The quantitative estimate of drug-likeness (QED) is 0.719. The van der Waals surface area contributed by atoms with Gasteiger partial charge in [-0.25, -0.2) is 13.2 Å². The van der Waals surface area contributed by atoms with Gasteiger partial charge in [0.25, 0.3) is 0 Å². The van der Waals surface area contributed by atoms with E-state index in [4.69, 9.17) is 16.3 Å². The first-order valence-electron chi connectivity index (χ1n) is 8.65. The minimum atomic E-state index is -3.94. The molecule has 0 aliphatic carbocycles. The van der Waals surface area contributed by atoms with Gasteiger partial charge in [-0.2, -0.15) is 0 Å². The van der Waals surface area contributed by atoms with Crippen molar-refractivity contribution < 1.29 is 22.7 Å². The van der Waals surface area contributed by atoms with E-state index in [0.29, 0.717) is 37.6 Å². The lowest BCUT2D eigenvalue weighted by molar-refractivity contribution is -0.113. The van der Waals surface area contributed by atoms with Crippen LogP contribution in [-0.2, 0) is 19.4 Å². The summed E-state index contributed by atoms with van der Waals surface area (Å²) in [6.07, 6.45) is 2.17. The lowest BCUT2D eigenvalue weighted by Crippen LogP contribution is -2.44. The third-order valence-corrected chi connectivity index (χ3v) is 6.36. The van der Waals surface area contributed by atoms with Crippen LogP contribution in [0.2, 0.25) is 5.02 Å². The zero-order valence-corrected chi connectivity index (χ0v) is 16.8. The van der Waals surface area contributed by atoms with Crippen LogP contribution in [0.3, 0.4) is 0 Å². The minimum absolute atomic E-state index is 0.00674. The molecular formula is C18H23ClN2O5S. The largest absolute Gasteiger partial charge is 0.450 e. The molecule has 1 N–H and O–H groups in total. The predicted molar refractivity (Wildman–Crippen MR) is 102 cm³/mol. The second-order valence-corrected chi connectivity index (χ2v) is 8.50. The predicted octanol–water partition coefficient (Wildman–Crippen LogP) is 2.75. The van der Waals surface area contributed by atoms with Crippen molar-refractivity contribution in [2.24, 2.45) is 0 Å². The molecule has 1 aliphatic rings. The van der Waals surface area contributed by atoms with Crippen molar-refractivity contribution >= 4 is 33.3 Å². The van der Waals surface area contributed by atoms with Gasteiger partial charge in [-0.1, -0.05) is 11.6 Å². The molecule has 148 valence electrons. The number of rotatable bonds is 6. The number of nitrogens with zero attached hydrogens (tertiary/aromatic N) is 1. The van der Waals surface area contributed by atoms with Crippen LogP contribution in [0.15, 0.2) is 40.3 Å². The van der Waals surface area contributed by atoms with Crippen molar-refractivity contribution in [2.75, 3.05) is 19.7 Å². The Hall–Kier alpha value is -2.06. The van der Waals surface area contributed by atoms with E-state index in [0.717, 1.165) is 0 Å². The molecule has 0 bridgehead atoms. The zero-order chi connectivity index (χ0) is 20.0. The van der Waals surface area contributed by atoms with Crippen LogP contribution in [0.25, 0.3) is 0 Å². The van der Waals surface area contributed by atoms with E-state index in [9.17, 15) is 18.0 Å². The third-order valence-electron chi connectivity index (χ3n) is 4.23. The Bertz CT molecular complexity index is 813. The number of piperidine rings is 1. The molecule has 9 heteroatoms. The van der Waals surface area contributed by atoms with E-state index in [1.165, 1.54) is 37.4 Å². The highest BCUT2D eigenvalue weighted by molar-refractivity contribution is 7.96. The number of ketones is 1. The van der Waals surface area contributed by atoms with Crippen molar-refractivity contribution in [1.29, 1.82) is 0 Å². The van der Waals surface area contributed by atoms with Crippen molar-refractivity contribution in [2.45, 2.75) is 37.6 Å². The molecule has 0 aromatic heterocycles. The van der Waals surface area contributed by atoms with Gasteiger partial charge in [0.2, 0.25) is 9.84 Å². The van der Waals surface area contributed by atoms with E-state index in [1.54, 1.807) is 11.8 Å². The number of benzene rings is 1. The Labute approximate surface area is 164 Å². The van der Waals surface area contributed by atoms with E-state index in [2.05, 4.69) is 5.32 Å². The van der Waals surface area contributed by atoms with Gasteiger partial charge in [-0.05, 0) is 51.0 Å². The number of hydrogen-bond donors (Lipinski definition) is 1. The minimum Gasteiger partial charge on any atom is -0.450 e. The molecule has 0 atom stereocenters. The van der Waals surface area contributed by atoms with Gasteiger partial charge < -0.3 is 15.0 Å². The van der Waals surface area contributed by atoms with Crippen molar-refractivity contribution in [3.05, 3.63) is 40.4 Å². The molecule has 1 aromatic rings. The topological polar surface area (TPSA) is 92.8 Å². The molecule has 0 radical (unpaired) electrons. The second-order valence-electron chi connectivity index (χ2n) is 6.15.